The van der Waals surface area contributed by atoms with E-state index in [4.69, 9.17) is 4.42 Å². The number of benzene rings is 1. The lowest BCUT2D eigenvalue weighted by Gasteiger charge is -2.30. The molecule has 0 atom stereocenters. The molecule has 0 spiro atoms. The minimum absolute atomic E-state index is 0.0271. The van der Waals surface area contributed by atoms with Gasteiger partial charge in [0.15, 0.2) is 0 Å². The van der Waals surface area contributed by atoms with E-state index in [-0.39, 0.29) is 23.4 Å². The summed E-state index contributed by atoms with van der Waals surface area (Å²) in [6.45, 7) is 6.51. The Bertz CT molecular complexity index is 892. The number of aryl methyl sites for hydroxylation is 2. The predicted octanol–water partition coefficient (Wildman–Crippen LogP) is 2.61. The molecule has 1 fully saturated rings. The van der Waals surface area contributed by atoms with Crippen LogP contribution in [0.15, 0.2) is 27.4 Å². The average Bonchev–Trinajstić information content (AvgIpc) is 2.56. The van der Waals surface area contributed by atoms with E-state index >= 15 is 0 Å². The van der Waals surface area contributed by atoms with Crippen LogP contribution in [0, 0.1) is 19.8 Å². The number of carbonyl (C=O) groups excluding carboxylic acids is 2. The molecule has 1 N–H and O–H groups in total. The van der Waals surface area contributed by atoms with Crippen molar-refractivity contribution in [3.05, 3.63) is 39.7 Å². The van der Waals surface area contributed by atoms with Crippen molar-refractivity contribution in [2.24, 2.45) is 5.92 Å². The molecule has 132 valence electrons. The van der Waals surface area contributed by atoms with Crippen LogP contribution in [0.25, 0.3) is 11.0 Å². The number of hydrogen-bond donors (Lipinski definition) is 1. The fourth-order valence-corrected chi connectivity index (χ4v) is 3.29. The summed E-state index contributed by atoms with van der Waals surface area (Å²) in [5, 5.41) is 3.81. The van der Waals surface area contributed by atoms with Gasteiger partial charge in [0.2, 0.25) is 11.8 Å². The molecule has 0 unspecified atom stereocenters. The van der Waals surface area contributed by atoms with Gasteiger partial charge in [0.05, 0.1) is 0 Å². The SMILES string of the molecule is CC(=O)N1CCC(C(=O)Nc2cc3c(C)cc(=O)oc3cc2C)CC1. The van der Waals surface area contributed by atoms with Crippen molar-refractivity contribution in [3.63, 3.8) is 0 Å². The van der Waals surface area contributed by atoms with Crippen LogP contribution in [0.4, 0.5) is 5.69 Å². The van der Waals surface area contributed by atoms with Crippen LogP contribution >= 0.6 is 0 Å². The van der Waals surface area contributed by atoms with Gasteiger partial charge in [-0.25, -0.2) is 4.79 Å². The highest BCUT2D eigenvalue weighted by molar-refractivity contribution is 5.96. The molecule has 0 bridgehead atoms. The van der Waals surface area contributed by atoms with Crippen molar-refractivity contribution in [2.45, 2.75) is 33.6 Å². The third kappa shape index (κ3) is 3.57. The molecular weight excluding hydrogens is 320 g/mol. The summed E-state index contributed by atoms with van der Waals surface area (Å²) in [4.78, 5) is 37.2. The summed E-state index contributed by atoms with van der Waals surface area (Å²) in [5.41, 5.74) is 2.53. The lowest BCUT2D eigenvalue weighted by molar-refractivity contribution is -0.132. The topological polar surface area (TPSA) is 79.6 Å². The molecule has 0 saturated carbocycles. The molecule has 0 radical (unpaired) electrons. The Labute approximate surface area is 145 Å². The number of fused-ring (bicyclic) bond motifs is 1. The van der Waals surface area contributed by atoms with E-state index in [1.807, 2.05) is 19.9 Å². The maximum Gasteiger partial charge on any atom is 0.336 e. The molecule has 2 amide bonds. The highest BCUT2D eigenvalue weighted by Crippen LogP contribution is 2.26. The summed E-state index contributed by atoms with van der Waals surface area (Å²) in [6.07, 6.45) is 1.35. The highest BCUT2D eigenvalue weighted by atomic mass is 16.4. The van der Waals surface area contributed by atoms with E-state index in [2.05, 4.69) is 5.32 Å². The van der Waals surface area contributed by atoms with Gasteiger partial charge in [-0.2, -0.15) is 0 Å². The molecule has 6 nitrogen and oxygen atoms in total. The Kier molecular flexibility index (Phi) is 4.61. The molecule has 25 heavy (non-hydrogen) atoms. The number of hydrogen-bond acceptors (Lipinski definition) is 4. The number of likely N-dealkylation sites (tertiary alicyclic amines) is 1. The number of amides is 2. The molecule has 0 aliphatic carbocycles. The molecule has 1 aromatic heterocycles. The van der Waals surface area contributed by atoms with Crippen molar-refractivity contribution in [1.29, 1.82) is 0 Å². The molecule has 1 saturated heterocycles. The third-order valence-electron chi connectivity index (χ3n) is 4.87. The van der Waals surface area contributed by atoms with E-state index in [1.54, 1.807) is 17.9 Å². The van der Waals surface area contributed by atoms with Gasteiger partial charge in [0.25, 0.3) is 0 Å². The van der Waals surface area contributed by atoms with Crippen LogP contribution in [-0.4, -0.2) is 29.8 Å². The second-order valence-electron chi connectivity index (χ2n) is 6.68. The predicted molar refractivity (Wildman–Crippen MR) is 95.6 cm³/mol. The Hall–Kier alpha value is -2.63. The summed E-state index contributed by atoms with van der Waals surface area (Å²) in [6, 6.07) is 5.07. The maximum atomic E-state index is 12.6. The highest BCUT2D eigenvalue weighted by Gasteiger charge is 2.26. The van der Waals surface area contributed by atoms with Gasteiger partial charge in [-0.1, -0.05) is 0 Å². The molecule has 2 aromatic rings. The summed E-state index contributed by atoms with van der Waals surface area (Å²) in [5.74, 6) is -0.0672. The van der Waals surface area contributed by atoms with Crippen molar-refractivity contribution in [1.82, 2.24) is 4.90 Å². The number of carbonyl (C=O) groups is 2. The second kappa shape index (κ2) is 6.70. The Morgan fingerprint density at radius 2 is 1.80 bits per heavy atom. The number of nitrogens with one attached hydrogen (secondary N) is 1. The van der Waals surface area contributed by atoms with Gasteiger partial charge >= 0.3 is 5.63 Å². The first-order valence-corrected chi connectivity index (χ1v) is 8.46. The van der Waals surface area contributed by atoms with Crippen molar-refractivity contribution >= 4 is 28.5 Å². The fourth-order valence-electron chi connectivity index (χ4n) is 3.29. The van der Waals surface area contributed by atoms with E-state index in [0.29, 0.717) is 31.5 Å². The normalized spacial score (nSPS) is 15.4. The zero-order valence-corrected chi connectivity index (χ0v) is 14.7. The summed E-state index contributed by atoms with van der Waals surface area (Å²) in [7, 11) is 0. The number of piperidine rings is 1. The van der Waals surface area contributed by atoms with Crippen molar-refractivity contribution < 1.29 is 14.0 Å². The van der Waals surface area contributed by atoms with Crippen molar-refractivity contribution in [2.75, 3.05) is 18.4 Å². The smallest absolute Gasteiger partial charge is 0.336 e. The average molecular weight is 342 g/mol. The second-order valence-corrected chi connectivity index (χ2v) is 6.68. The summed E-state index contributed by atoms with van der Waals surface area (Å²) < 4.78 is 5.23. The first kappa shape index (κ1) is 17.2. The summed E-state index contributed by atoms with van der Waals surface area (Å²) >= 11 is 0. The third-order valence-corrected chi connectivity index (χ3v) is 4.87. The first-order valence-electron chi connectivity index (χ1n) is 8.46. The van der Waals surface area contributed by atoms with Crippen molar-refractivity contribution in [3.8, 4) is 0 Å². The molecule has 3 rings (SSSR count). The zero-order chi connectivity index (χ0) is 18.1. The first-order chi connectivity index (χ1) is 11.8. The van der Waals surface area contributed by atoms with E-state index in [1.165, 1.54) is 6.07 Å². The molecule has 1 aromatic carbocycles. The van der Waals surface area contributed by atoms with E-state index in [9.17, 15) is 14.4 Å². The number of anilines is 1. The Balaban J connectivity index is 1.79. The lowest BCUT2D eigenvalue weighted by Crippen LogP contribution is -2.40. The Morgan fingerprint density at radius 1 is 1.12 bits per heavy atom. The lowest BCUT2D eigenvalue weighted by atomic mass is 9.95. The van der Waals surface area contributed by atoms with Crippen LogP contribution in [0.5, 0.6) is 0 Å². The minimum Gasteiger partial charge on any atom is -0.423 e. The zero-order valence-electron chi connectivity index (χ0n) is 14.7. The van der Waals surface area contributed by atoms with Gasteiger partial charge in [-0.05, 0) is 49.9 Å². The molecule has 1 aliphatic rings. The maximum absolute atomic E-state index is 12.6. The standard InChI is InChI=1S/C19H22N2O4/c1-11-9-18(23)25-17-8-12(2)16(10-15(11)17)20-19(24)14-4-6-21(7-5-14)13(3)22/h8-10,14H,4-7H2,1-3H3,(H,20,24). The van der Waals surface area contributed by atoms with Crippen LogP contribution in [0.1, 0.15) is 30.9 Å². The molecule has 2 heterocycles. The van der Waals surface area contributed by atoms with Crippen LogP contribution in [-0.2, 0) is 9.59 Å². The molecule has 1 aliphatic heterocycles. The van der Waals surface area contributed by atoms with Gasteiger partial charge in [-0.15, -0.1) is 0 Å². The minimum atomic E-state index is -0.376. The van der Waals surface area contributed by atoms with Crippen LogP contribution in [0.3, 0.4) is 0 Å². The largest absolute Gasteiger partial charge is 0.423 e. The van der Waals surface area contributed by atoms with Crippen LogP contribution in [0.2, 0.25) is 0 Å². The molecular formula is C19H22N2O4. The van der Waals surface area contributed by atoms with E-state index < -0.39 is 0 Å². The number of rotatable bonds is 2. The number of nitrogens with zero attached hydrogens (tertiary/aromatic N) is 1. The van der Waals surface area contributed by atoms with Gasteiger partial charge < -0.3 is 14.6 Å². The monoisotopic (exact) mass is 342 g/mol. The van der Waals surface area contributed by atoms with Gasteiger partial charge in [0.1, 0.15) is 5.58 Å². The Morgan fingerprint density at radius 3 is 2.44 bits per heavy atom. The fraction of sp³-hybridized carbons (Fsp3) is 0.421. The molecule has 6 heteroatoms. The van der Waals surface area contributed by atoms with Gasteiger partial charge in [0, 0.05) is 43.1 Å². The quantitative estimate of drug-likeness (QED) is 0.851. The van der Waals surface area contributed by atoms with E-state index in [0.717, 1.165) is 22.2 Å². The van der Waals surface area contributed by atoms with Gasteiger partial charge in [-0.3, -0.25) is 9.59 Å². The van der Waals surface area contributed by atoms with Crippen LogP contribution < -0.4 is 10.9 Å².